The molecule has 0 atom stereocenters. The van der Waals surface area contributed by atoms with Gasteiger partial charge in [0, 0.05) is 16.9 Å². The standard InChI is InChI=1S/C22H23N5O/c1-15-9-11-17(12-10-15)26-20(13-19(25-26)22(2,3)4)24-21(28)27-18-8-6-5-7-16(18)14-23-27/h5-14H,1-4H3,(H,24,28). The van der Waals surface area contributed by atoms with Crippen LogP contribution in [0.2, 0.25) is 0 Å². The summed E-state index contributed by atoms with van der Waals surface area (Å²) in [7, 11) is 0. The largest absolute Gasteiger partial charge is 0.348 e. The van der Waals surface area contributed by atoms with Crippen molar-refractivity contribution in [3.8, 4) is 5.69 Å². The normalized spacial score (nSPS) is 11.7. The summed E-state index contributed by atoms with van der Waals surface area (Å²) in [5.41, 5.74) is 3.57. The zero-order valence-corrected chi connectivity index (χ0v) is 16.5. The fraction of sp³-hybridized carbons (Fsp3) is 0.227. The van der Waals surface area contributed by atoms with Crippen LogP contribution in [0.15, 0.2) is 60.8 Å². The van der Waals surface area contributed by atoms with Crippen LogP contribution in [0.5, 0.6) is 0 Å². The van der Waals surface area contributed by atoms with Crippen molar-refractivity contribution < 1.29 is 4.79 Å². The molecule has 0 spiro atoms. The molecule has 0 aliphatic heterocycles. The minimum atomic E-state index is -0.324. The van der Waals surface area contributed by atoms with E-state index in [1.165, 1.54) is 10.2 Å². The Hall–Kier alpha value is -3.41. The van der Waals surface area contributed by atoms with E-state index < -0.39 is 0 Å². The second-order valence-electron chi connectivity index (χ2n) is 7.96. The van der Waals surface area contributed by atoms with E-state index in [4.69, 9.17) is 5.10 Å². The molecule has 4 rings (SSSR count). The molecule has 2 heterocycles. The maximum atomic E-state index is 12.9. The topological polar surface area (TPSA) is 64.7 Å². The maximum Gasteiger partial charge on any atom is 0.348 e. The molecule has 0 radical (unpaired) electrons. The Morgan fingerprint density at radius 1 is 1.04 bits per heavy atom. The molecule has 142 valence electrons. The molecule has 0 aliphatic carbocycles. The van der Waals surface area contributed by atoms with Crippen molar-refractivity contribution in [3.63, 3.8) is 0 Å². The zero-order valence-electron chi connectivity index (χ0n) is 16.5. The fourth-order valence-electron chi connectivity index (χ4n) is 3.02. The van der Waals surface area contributed by atoms with Crippen LogP contribution in [-0.4, -0.2) is 25.6 Å². The molecule has 28 heavy (non-hydrogen) atoms. The third kappa shape index (κ3) is 3.29. The van der Waals surface area contributed by atoms with Crippen LogP contribution in [0.1, 0.15) is 32.0 Å². The Kier molecular flexibility index (Phi) is 4.26. The molecular formula is C22H23N5O. The van der Waals surface area contributed by atoms with Gasteiger partial charge in [0.2, 0.25) is 0 Å². The van der Waals surface area contributed by atoms with Crippen LogP contribution in [-0.2, 0) is 5.41 Å². The van der Waals surface area contributed by atoms with Crippen molar-refractivity contribution in [2.24, 2.45) is 0 Å². The Labute approximate surface area is 163 Å². The zero-order chi connectivity index (χ0) is 19.9. The summed E-state index contributed by atoms with van der Waals surface area (Å²) in [6.07, 6.45) is 1.69. The Morgan fingerprint density at radius 3 is 2.46 bits per heavy atom. The molecule has 0 unspecified atom stereocenters. The third-order valence-corrected chi connectivity index (χ3v) is 4.66. The van der Waals surface area contributed by atoms with Crippen molar-refractivity contribution in [1.29, 1.82) is 0 Å². The summed E-state index contributed by atoms with van der Waals surface area (Å²) in [5.74, 6) is 0.610. The molecule has 0 saturated carbocycles. The lowest BCUT2D eigenvalue weighted by Crippen LogP contribution is -2.22. The van der Waals surface area contributed by atoms with Crippen molar-refractivity contribution in [2.45, 2.75) is 33.1 Å². The van der Waals surface area contributed by atoms with Gasteiger partial charge in [-0.1, -0.05) is 56.7 Å². The number of nitrogens with one attached hydrogen (secondary N) is 1. The molecule has 2 aromatic carbocycles. The van der Waals surface area contributed by atoms with Gasteiger partial charge in [-0.05, 0) is 25.1 Å². The molecule has 6 nitrogen and oxygen atoms in total. The van der Waals surface area contributed by atoms with E-state index in [0.29, 0.717) is 5.82 Å². The van der Waals surface area contributed by atoms with Crippen LogP contribution >= 0.6 is 0 Å². The van der Waals surface area contributed by atoms with Crippen LogP contribution in [0.25, 0.3) is 16.6 Å². The number of aryl methyl sites for hydroxylation is 1. The molecule has 1 N–H and O–H groups in total. The van der Waals surface area contributed by atoms with Gasteiger partial charge in [-0.2, -0.15) is 14.9 Å². The minimum absolute atomic E-state index is 0.145. The number of rotatable bonds is 2. The van der Waals surface area contributed by atoms with Gasteiger partial charge in [-0.3, -0.25) is 5.32 Å². The smallest absolute Gasteiger partial charge is 0.290 e. The van der Waals surface area contributed by atoms with E-state index in [1.807, 2.05) is 61.5 Å². The molecule has 0 aliphatic rings. The summed E-state index contributed by atoms with van der Waals surface area (Å²) in [5, 5.41) is 12.9. The Bertz CT molecular complexity index is 1150. The van der Waals surface area contributed by atoms with Gasteiger partial charge < -0.3 is 0 Å². The van der Waals surface area contributed by atoms with Crippen molar-refractivity contribution in [3.05, 3.63) is 72.1 Å². The van der Waals surface area contributed by atoms with Crippen molar-refractivity contribution >= 4 is 22.8 Å². The van der Waals surface area contributed by atoms with Crippen molar-refractivity contribution in [2.75, 3.05) is 5.32 Å². The monoisotopic (exact) mass is 373 g/mol. The van der Waals surface area contributed by atoms with Gasteiger partial charge in [0.15, 0.2) is 0 Å². The summed E-state index contributed by atoms with van der Waals surface area (Å²) >= 11 is 0. The van der Waals surface area contributed by atoms with Crippen LogP contribution < -0.4 is 5.32 Å². The lowest BCUT2D eigenvalue weighted by molar-refractivity contribution is 0.251. The second-order valence-corrected chi connectivity index (χ2v) is 7.96. The van der Waals surface area contributed by atoms with E-state index in [2.05, 4.69) is 31.2 Å². The predicted octanol–water partition coefficient (Wildman–Crippen LogP) is 4.91. The highest BCUT2D eigenvalue weighted by Crippen LogP contribution is 2.26. The summed E-state index contributed by atoms with van der Waals surface area (Å²) in [4.78, 5) is 12.9. The number of aromatic nitrogens is 4. The van der Waals surface area contributed by atoms with Gasteiger partial charge >= 0.3 is 6.03 Å². The Balaban J connectivity index is 1.74. The summed E-state index contributed by atoms with van der Waals surface area (Å²) in [6.45, 7) is 8.34. The second kappa shape index (κ2) is 6.64. The van der Waals surface area contributed by atoms with Crippen LogP contribution in [0, 0.1) is 6.92 Å². The molecule has 6 heteroatoms. The van der Waals surface area contributed by atoms with Crippen LogP contribution in [0.4, 0.5) is 10.6 Å². The predicted molar refractivity (Wildman–Crippen MR) is 111 cm³/mol. The molecule has 0 saturated heterocycles. The number of hydrogen-bond donors (Lipinski definition) is 1. The van der Waals surface area contributed by atoms with E-state index in [9.17, 15) is 4.79 Å². The highest BCUT2D eigenvalue weighted by molar-refractivity contribution is 5.96. The number of nitrogens with zero attached hydrogens (tertiary/aromatic N) is 4. The van der Waals surface area contributed by atoms with Crippen LogP contribution in [0.3, 0.4) is 0 Å². The summed E-state index contributed by atoms with van der Waals surface area (Å²) in [6, 6.07) is 17.3. The quantitative estimate of drug-likeness (QED) is 0.543. The lowest BCUT2D eigenvalue weighted by atomic mass is 9.92. The number of amides is 1. The fourth-order valence-corrected chi connectivity index (χ4v) is 3.02. The third-order valence-electron chi connectivity index (χ3n) is 4.66. The van der Waals surface area contributed by atoms with Gasteiger partial charge in [0.05, 0.1) is 23.1 Å². The van der Waals surface area contributed by atoms with Gasteiger partial charge in [0.1, 0.15) is 5.82 Å². The minimum Gasteiger partial charge on any atom is -0.290 e. The molecule has 1 amide bonds. The highest BCUT2D eigenvalue weighted by Gasteiger charge is 2.22. The first kappa shape index (κ1) is 18.0. The first-order chi connectivity index (χ1) is 13.3. The first-order valence-electron chi connectivity index (χ1n) is 9.25. The SMILES string of the molecule is Cc1ccc(-n2nc(C(C)(C)C)cc2NC(=O)n2ncc3ccccc32)cc1. The molecule has 2 aromatic heterocycles. The van der Waals surface area contributed by atoms with Gasteiger partial charge in [-0.25, -0.2) is 9.48 Å². The lowest BCUT2D eigenvalue weighted by Gasteiger charge is -2.14. The number of benzene rings is 2. The first-order valence-corrected chi connectivity index (χ1v) is 9.25. The average Bonchev–Trinajstić information content (AvgIpc) is 3.26. The van der Waals surface area contributed by atoms with Gasteiger partial charge in [0.25, 0.3) is 0 Å². The molecule has 4 aromatic rings. The molecule has 0 fully saturated rings. The number of anilines is 1. The van der Waals surface area contributed by atoms with E-state index in [1.54, 1.807) is 10.9 Å². The average molecular weight is 373 g/mol. The van der Waals surface area contributed by atoms with Crippen molar-refractivity contribution in [1.82, 2.24) is 19.6 Å². The maximum absolute atomic E-state index is 12.9. The number of para-hydroxylation sites is 1. The molecular weight excluding hydrogens is 350 g/mol. The number of fused-ring (bicyclic) bond motifs is 1. The Morgan fingerprint density at radius 2 is 1.75 bits per heavy atom. The number of hydrogen-bond acceptors (Lipinski definition) is 3. The summed E-state index contributed by atoms with van der Waals surface area (Å²) < 4.78 is 3.14. The highest BCUT2D eigenvalue weighted by atomic mass is 16.2. The number of carbonyl (C=O) groups is 1. The molecule has 0 bridgehead atoms. The van der Waals surface area contributed by atoms with E-state index in [-0.39, 0.29) is 11.4 Å². The van der Waals surface area contributed by atoms with Gasteiger partial charge in [-0.15, -0.1) is 0 Å². The number of carbonyl (C=O) groups excluding carboxylic acids is 1. The van der Waals surface area contributed by atoms with E-state index in [0.717, 1.165) is 22.3 Å². The van der Waals surface area contributed by atoms with E-state index >= 15 is 0 Å².